The van der Waals surface area contributed by atoms with E-state index in [2.05, 4.69) is 32.0 Å². The summed E-state index contributed by atoms with van der Waals surface area (Å²) in [4.78, 5) is 13.4. The Morgan fingerprint density at radius 3 is 2.32 bits per heavy atom. The van der Waals surface area contributed by atoms with Gasteiger partial charge in [-0.25, -0.2) is 0 Å². The van der Waals surface area contributed by atoms with Crippen LogP contribution >= 0.6 is 0 Å². The number of carboxylic acid groups (broad SMARTS) is 1. The minimum atomic E-state index is -0.757. The molecule has 0 heterocycles. The normalized spacial score (nSPS) is 11.7. The molecule has 1 rings (SSSR count). The average molecular weight is 263 g/mol. The monoisotopic (exact) mass is 263 g/mol. The van der Waals surface area contributed by atoms with Crippen molar-refractivity contribution in [1.82, 2.24) is 0 Å². The summed E-state index contributed by atoms with van der Waals surface area (Å²) >= 11 is 0. The van der Waals surface area contributed by atoms with E-state index in [4.69, 9.17) is 0 Å². The minimum absolute atomic E-state index is 0.447. The molecule has 0 aromatic heterocycles. The molecule has 0 atom stereocenters. The lowest BCUT2D eigenvalue weighted by Gasteiger charge is -2.25. The van der Waals surface area contributed by atoms with Crippen molar-refractivity contribution in [3.05, 3.63) is 29.3 Å². The maximum Gasteiger partial charge on any atom is 0.309 e. The van der Waals surface area contributed by atoms with Crippen LogP contribution in [-0.4, -0.2) is 25.2 Å². The first-order valence-electron chi connectivity index (χ1n) is 6.68. The molecule has 0 spiro atoms. The Morgan fingerprint density at radius 1 is 1.32 bits per heavy atom. The summed E-state index contributed by atoms with van der Waals surface area (Å²) in [6, 6.07) is 6.35. The Hall–Kier alpha value is -1.51. The average Bonchev–Trinajstić information content (AvgIpc) is 2.27. The van der Waals surface area contributed by atoms with E-state index in [1.807, 2.05) is 19.0 Å². The first kappa shape index (κ1) is 15.5. The highest BCUT2D eigenvalue weighted by Crippen LogP contribution is 2.30. The van der Waals surface area contributed by atoms with Crippen molar-refractivity contribution in [1.29, 1.82) is 0 Å². The number of benzene rings is 1. The van der Waals surface area contributed by atoms with Crippen LogP contribution in [0.15, 0.2) is 18.2 Å². The Kier molecular flexibility index (Phi) is 4.61. The van der Waals surface area contributed by atoms with E-state index in [9.17, 15) is 9.90 Å². The highest BCUT2D eigenvalue weighted by molar-refractivity contribution is 5.74. The Balaban J connectivity index is 3.22. The van der Waals surface area contributed by atoms with Gasteiger partial charge in [-0.05, 0) is 43.4 Å². The minimum Gasteiger partial charge on any atom is -0.481 e. The molecule has 0 radical (unpaired) electrons. The molecular formula is C16H25NO2. The second kappa shape index (κ2) is 5.64. The number of hydrogen-bond donors (Lipinski definition) is 1. The molecule has 0 unspecified atom stereocenters. The molecule has 3 heteroatoms. The summed E-state index contributed by atoms with van der Waals surface area (Å²) in [5, 5.41) is 9.30. The molecule has 1 N–H and O–H groups in total. The third kappa shape index (κ3) is 3.72. The van der Waals surface area contributed by atoms with E-state index < -0.39 is 11.4 Å². The van der Waals surface area contributed by atoms with Crippen LogP contribution in [-0.2, 0) is 11.2 Å². The third-order valence-electron chi connectivity index (χ3n) is 3.46. The van der Waals surface area contributed by atoms with Gasteiger partial charge in [0.25, 0.3) is 0 Å². The van der Waals surface area contributed by atoms with Gasteiger partial charge in [-0.1, -0.05) is 26.0 Å². The summed E-state index contributed by atoms with van der Waals surface area (Å²) in [7, 11) is 3.98. The fourth-order valence-electron chi connectivity index (χ4n) is 2.09. The van der Waals surface area contributed by atoms with Crippen molar-refractivity contribution in [2.24, 2.45) is 5.41 Å². The van der Waals surface area contributed by atoms with E-state index in [-0.39, 0.29) is 0 Å². The number of rotatable bonds is 5. The molecule has 1 aromatic carbocycles. The summed E-state index contributed by atoms with van der Waals surface area (Å²) in [6.45, 7) is 7.85. The molecular weight excluding hydrogens is 238 g/mol. The fourth-order valence-corrected chi connectivity index (χ4v) is 2.09. The van der Waals surface area contributed by atoms with Gasteiger partial charge in [0.1, 0.15) is 0 Å². The number of anilines is 1. The van der Waals surface area contributed by atoms with Gasteiger partial charge < -0.3 is 10.0 Å². The van der Waals surface area contributed by atoms with Crippen LogP contribution in [0.4, 0.5) is 5.69 Å². The lowest BCUT2D eigenvalue weighted by molar-refractivity contribution is -0.146. The zero-order valence-electron chi connectivity index (χ0n) is 12.8. The summed E-state index contributed by atoms with van der Waals surface area (Å²) in [5.74, 6) is -0.310. The van der Waals surface area contributed by atoms with E-state index in [1.165, 1.54) is 5.56 Å². The second-order valence-corrected chi connectivity index (χ2v) is 6.30. The second-order valence-electron chi connectivity index (χ2n) is 6.30. The Labute approximate surface area is 116 Å². The van der Waals surface area contributed by atoms with Gasteiger partial charge in [0.15, 0.2) is 0 Å². The molecule has 0 aliphatic rings. The van der Waals surface area contributed by atoms with Crippen LogP contribution in [0.3, 0.4) is 0 Å². The fraction of sp³-hybridized carbons (Fsp3) is 0.562. The lowest BCUT2D eigenvalue weighted by atomic mass is 9.84. The number of carboxylic acids is 1. The standard InChI is InChI=1S/C16H25NO2/c1-11(2)12-7-8-14(17(5)6)13(9-12)10-16(3,4)15(18)19/h7-9,11H,10H2,1-6H3,(H,18,19). The molecule has 106 valence electrons. The number of aliphatic carboxylic acids is 1. The van der Waals surface area contributed by atoms with Crippen molar-refractivity contribution in [2.45, 2.75) is 40.0 Å². The van der Waals surface area contributed by atoms with E-state index in [1.54, 1.807) is 13.8 Å². The number of hydrogen-bond acceptors (Lipinski definition) is 2. The Bertz CT molecular complexity index is 462. The van der Waals surface area contributed by atoms with E-state index in [0.29, 0.717) is 12.3 Å². The van der Waals surface area contributed by atoms with E-state index in [0.717, 1.165) is 11.3 Å². The molecule has 0 aliphatic carbocycles. The van der Waals surface area contributed by atoms with Crippen LogP contribution < -0.4 is 4.90 Å². The van der Waals surface area contributed by atoms with Crippen LogP contribution in [0.2, 0.25) is 0 Å². The highest BCUT2D eigenvalue weighted by Gasteiger charge is 2.28. The largest absolute Gasteiger partial charge is 0.481 e. The molecule has 0 saturated heterocycles. The molecule has 0 amide bonds. The predicted octanol–water partition coefficient (Wildman–Crippen LogP) is 3.53. The highest BCUT2D eigenvalue weighted by atomic mass is 16.4. The maximum atomic E-state index is 11.3. The molecule has 0 saturated carbocycles. The number of nitrogens with zero attached hydrogens (tertiary/aromatic N) is 1. The van der Waals surface area contributed by atoms with Gasteiger partial charge in [-0.2, -0.15) is 0 Å². The van der Waals surface area contributed by atoms with Gasteiger partial charge in [0.05, 0.1) is 5.41 Å². The molecule has 0 bridgehead atoms. The van der Waals surface area contributed by atoms with Crippen molar-refractivity contribution in [2.75, 3.05) is 19.0 Å². The van der Waals surface area contributed by atoms with Crippen molar-refractivity contribution >= 4 is 11.7 Å². The Morgan fingerprint density at radius 2 is 1.89 bits per heavy atom. The molecule has 0 fully saturated rings. The molecule has 19 heavy (non-hydrogen) atoms. The zero-order chi connectivity index (χ0) is 14.8. The van der Waals surface area contributed by atoms with Gasteiger partial charge in [-0.15, -0.1) is 0 Å². The predicted molar refractivity (Wildman–Crippen MR) is 80.0 cm³/mol. The van der Waals surface area contributed by atoms with Crippen LogP contribution in [0.25, 0.3) is 0 Å². The number of carbonyl (C=O) groups is 1. The summed E-state index contributed by atoms with van der Waals surface area (Å²) in [6.07, 6.45) is 0.538. The topological polar surface area (TPSA) is 40.5 Å². The lowest BCUT2D eigenvalue weighted by Crippen LogP contribution is -2.27. The van der Waals surface area contributed by atoms with Crippen molar-refractivity contribution in [3.8, 4) is 0 Å². The van der Waals surface area contributed by atoms with Crippen LogP contribution in [0.5, 0.6) is 0 Å². The third-order valence-corrected chi connectivity index (χ3v) is 3.46. The van der Waals surface area contributed by atoms with Gasteiger partial charge in [0, 0.05) is 19.8 Å². The van der Waals surface area contributed by atoms with Gasteiger partial charge in [0.2, 0.25) is 0 Å². The van der Waals surface area contributed by atoms with Crippen molar-refractivity contribution in [3.63, 3.8) is 0 Å². The first-order chi connectivity index (χ1) is 8.65. The molecule has 3 nitrogen and oxygen atoms in total. The smallest absolute Gasteiger partial charge is 0.309 e. The van der Waals surface area contributed by atoms with Crippen LogP contribution in [0, 0.1) is 5.41 Å². The van der Waals surface area contributed by atoms with Gasteiger partial charge >= 0.3 is 5.97 Å². The quantitative estimate of drug-likeness (QED) is 0.883. The van der Waals surface area contributed by atoms with E-state index >= 15 is 0 Å². The maximum absolute atomic E-state index is 11.3. The SMILES string of the molecule is CC(C)c1ccc(N(C)C)c(CC(C)(C)C(=O)O)c1. The summed E-state index contributed by atoms with van der Waals surface area (Å²) < 4.78 is 0. The van der Waals surface area contributed by atoms with Gasteiger partial charge in [-0.3, -0.25) is 4.79 Å². The van der Waals surface area contributed by atoms with Crippen LogP contribution in [0.1, 0.15) is 44.7 Å². The summed E-state index contributed by atoms with van der Waals surface area (Å²) in [5.41, 5.74) is 2.70. The zero-order valence-corrected chi connectivity index (χ0v) is 12.8. The first-order valence-corrected chi connectivity index (χ1v) is 6.68. The molecule has 0 aliphatic heterocycles. The van der Waals surface area contributed by atoms with Crippen molar-refractivity contribution < 1.29 is 9.90 Å². The molecule has 1 aromatic rings.